The van der Waals surface area contributed by atoms with Crippen LogP contribution in [-0.2, 0) is 11.4 Å². The number of ether oxygens (including phenoxy) is 1. The number of nitrogens with one attached hydrogen (secondary N) is 1. The Morgan fingerprint density at radius 2 is 2.42 bits per heavy atom. The number of benzene rings is 1. The SMILES string of the molecule is CC(=O)Nc1cc2ccc1OC2. The van der Waals surface area contributed by atoms with E-state index >= 15 is 0 Å². The van der Waals surface area contributed by atoms with E-state index in [1.165, 1.54) is 6.92 Å². The molecule has 62 valence electrons. The average molecular weight is 163 g/mol. The van der Waals surface area contributed by atoms with Crippen LogP contribution in [0, 0.1) is 0 Å². The first-order valence-electron chi connectivity index (χ1n) is 3.79. The van der Waals surface area contributed by atoms with E-state index in [2.05, 4.69) is 5.32 Å². The topological polar surface area (TPSA) is 38.3 Å². The molecule has 0 atom stereocenters. The highest BCUT2D eigenvalue weighted by Gasteiger charge is 2.12. The first kappa shape index (κ1) is 7.16. The molecule has 2 bridgehead atoms. The Morgan fingerprint density at radius 1 is 1.58 bits per heavy atom. The number of amides is 1. The second-order valence-corrected chi connectivity index (χ2v) is 2.80. The summed E-state index contributed by atoms with van der Waals surface area (Å²) in [6.07, 6.45) is 0. The molecular formula is C9H9NO2. The van der Waals surface area contributed by atoms with Crippen LogP contribution in [0.5, 0.6) is 5.75 Å². The maximum absolute atomic E-state index is 10.7. The molecule has 0 aliphatic carbocycles. The number of hydrogen-bond donors (Lipinski definition) is 1. The molecule has 2 aliphatic rings. The molecule has 0 unspecified atom stereocenters. The second-order valence-electron chi connectivity index (χ2n) is 2.80. The first-order chi connectivity index (χ1) is 5.75. The molecule has 2 aliphatic heterocycles. The van der Waals surface area contributed by atoms with Gasteiger partial charge in [0, 0.05) is 6.92 Å². The number of anilines is 1. The van der Waals surface area contributed by atoms with Gasteiger partial charge in [0.25, 0.3) is 0 Å². The van der Waals surface area contributed by atoms with Gasteiger partial charge in [-0.2, -0.15) is 0 Å². The number of fused-ring (bicyclic) bond motifs is 3. The van der Waals surface area contributed by atoms with Gasteiger partial charge in [-0.25, -0.2) is 0 Å². The first-order valence-corrected chi connectivity index (χ1v) is 3.79. The summed E-state index contributed by atoms with van der Waals surface area (Å²) in [7, 11) is 0. The van der Waals surface area contributed by atoms with Crippen molar-refractivity contribution in [1.29, 1.82) is 0 Å². The summed E-state index contributed by atoms with van der Waals surface area (Å²) in [6, 6.07) is 5.79. The Hall–Kier alpha value is -1.51. The lowest BCUT2D eigenvalue weighted by atomic mass is 10.1. The third-order valence-electron chi connectivity index (χ3n) is 1.75. The molecule has 3 heteroatoms. The van der Waals surface area contributed by atoms with Gasteiger partial charge >= 0.3 is 0 Å². The molecular weight excluding hydrogens is 154 g/mol. The van der Waals surface area contributed by atoms with E-state index < -0.39 is 0 Å². The van der Waals surface area contributed by atoms with Gasteiger partial charge in [-0.1, -0.05) is 6.07 Å². The van der Waals surface area contributed by atoms with Crippen LogP contribution in [0.1, 0.15) is 12.5 Å². The smallest absolute Gasteiger partial charge is 0.221 e. The number of carbonyl (C=O) groups excluding carboxylic acids is 1. The van der Waals surface area contributed by atoms with Gasteiger partial charge in [0.2, 0.25) is 5.91 Å². The molecule has 1 N–H and O–H groups in total. The Bertz CT molecular complexity index is 333. The molecule has 1 amide bonds. The Morgan fingerprint density at radius 3 is 2.83 bits per heavy atom. The molecule has 0 fully saturated rings. The van der Waals surface area contributed by atoms with Crippen LogP contribution in [0.25, 0.3) is 0 Å². The van der Waals surface area contributed by atoms with Gasteiger partial charge in [0.1, 0.15) is 12.4 Å². The van der Waals surface area contributed by atoms with Gasteiger partial charge in [-0.3, -0.25) is 4.79 Å². The Kier molecular flexibility index (Phi) is 1.50. The van der Waals surface area contributed by atoms with E-state index in [0.717, 1.165) is 17.0 Å². The molecule has 1 aromatic rings. The maximum atomic E-state index is 10.7. The number of carbonyl (C=O) groups is 1. The van der Waals surface area contributed by atoms with E-state index in [-0.39, 0.29) is 5.91 Å². The predicted octanol–water partition coefficient (Wildman–Crippen LogP) is 1.54. The lowest BCUT2D eigenvalue weighted by Crippen LogP contribution is -2.11. The van der Waals surface area contributed by atoms with Gasteiger partial charge in [0.05, 0.1) is 5.69 Å². The second kappa shape index (κ2) is 2.52. The summed E-state index contributed by atoms with van der Waals surface area (Å²) in [5.74, 6) is 0.680. The molecule has 0 saturated heterocycles. The zero-order valence-electron chi connectivity index (χ0n) is 6.76. The number of hydrogen-bond acceptors (Lipinski definition) is 2. The van der Waals surface area contributed by atoms with Crippen molar-refractivity contribution in [3.63, 3.8) is 0 Å². The van der Waals surface area contributed by atoms with Gasteiger partial charge in [-0.15, -0.1) is 0 Å². The van der Waals surface area contributed by atoms with Crippen LogP contribution < -0.4 is 10.1 Å². The van der Waals surface area contributed by atoms with E-state index in [0.29, 0.717) is 6.61 Å². The monoisotopic (exact) mass is 163 g/mol. The lowest BCUT2D eigenvalue weighted by molar-refractivity contribution is -0.114. The fourth-order valence-electron chi connectivity index (χ4n) is 1.24. The van der Waals surface area contributed by atoms with Crippen molar-refractivity contribution in [2.45, 2.75) is 13.5 Å². The van der Waals surface area contributed by atoms with E-state index in [4.69, 9.17) is 4.74 Å². The van der Waals surface area contributed by atoms with Crippen LogP contribution in [-0.4, -0.2) is 5.91 Å². The largest absolute Gasteiger partial charge is 0.487 e. The zero-order chi connectivity index (χ0) is 8.55. The Labute approximate surface area is 70.3 Å². The van der Waals surface area contributed by atoms with Gasteiger partial charge in [-0.05, 0) is 17.7 Å². The third kappa shape index (κ3) is 1.13. The molecule has 0 spiro atoms. The van der Waals surface area contributed by atoms with Crippen molar-refractivity contribution in [3.8, 4) is 5.75 Å². The zero-order valence-corrected chi connectivity index (χ0v) is 6.76. The lowest BCUT2D eigenvalue weighted by Gasteiger charge is -2.18. The molecule has 3 rings (SSSR count). The van der Waals surface area contributed by atoms with Crippen molar-refractivity contribution in [3.05, 3.63) is 23.8 Å². The van der Waals surface area contributed by atoms with E-state index in [1.54, 1.807) is 0 Å². The van der Waals surface area contributed by atoms with Crippen LogP contribution in [0.3, 0.4) is 0 Å². The van der Waals surface area contributed by atoms with Gasteiger partial charge < -0.3 is 10.1 Å². The highest BCUT2D eigenvalue weighted by Crippen LogP contribution is 2.31. The van der Waals surface area contributed by atoms with Crippen LogP contribution in [0.4, 0.5) is 5.69 Å². The highest BCUT2D eigenvalue weighted by atomic mass is 16.5. The molecule has 3 nitrogen and oxygen atoms in total. The van der Waals surface area contributed by atoms with Crippen molar-refractivity contribution >= 4 is 11.6 Å². The standard InChI is InChI=1S/C9H9NO2/c1-6(11)10-8-4-7-2-3-9(8)12-5-7/h2-4H,5H2,1H3,(H,10,11). The van der Waals surface area contributed by atoms with Crippen LogP contribution in [0.2, 0.25) is 0 Å². The molecule has 0 aromatic heterocycles. The predicted molar refractivity (Wildman–Crippen MR) is 45.1 cm³/mol. The minimum Gasteiger partial charge on any atom is -0.487 e. The maximum Gasteiger partial charge on any atom is 0.221 e. The molecule has 0 radical (unpaired) electrons. The van der Waals surface area contributed by atoms with Crippen molar-refractivity contribution in [1.82, 2.24) is 0 Å². The summed E-state index contributed by atoms with van der Waals surface area (Å²) in [5.41, 5.74) is 1.86. The fourth-order valence-corrected chi connectivity index (χ4v) is 1.24. The van der Waals surface area contributed by atoms with Crippen LogP contribution >= 0.6 is 0 Å². The minimum atomic E-state index is -0.0705. The van der Waals surface area contributed by atoms with E-state index in [1.807, 2.05) is 18.2 Å². The number of rotatable bonds is 1. The summed E-state index contributed by atoms with van der Waals surface area (Å²) in [6.45, 7) is 2.10. The van der Waals surface area contributed by atoms with Crippen molar-refractivity contribution in [2.75, 3.05) is 5.32 Å². The summed E-state index contributed by atoms with van der Waals surface area (Å²) < 4.78 is 5.30. The summed E-state index contributed by atoms with van der Waals surface area (Å²) in [5, 5.41) is 2.70. The molecule has 12 heavy (non-hydrogen) atoms. The quantitative estimate of drug-likeness (QED) is 0.681. The summed E-state index contributed by atoms with van der Waals surface area (Å²) in [4.78, 5) is 10.7. The molecule has 1 aromatic carbocycles. The van der Waals surface area contributed by atoms with Crippen LogP contribution in [0.15, 0.2) is 18.2 Å². The van der Waals surface area contributed by atoms with Gasteiger partial charge in [0.15, 0.2) is 0 Å². The molecule has 0 saturated carbocycles. The normalized spacial score (nSPS) is 12.4. The van der Waals surface area contributed by atoms with Crippen molar-refractivity contribution in [2.24, 2.45) is 0 Å². The van der Waals surface area contributed by atoms with Crippen molar-refractivity contribution < 1.29 is 9.53 Å². The minimum absolute atomic E-state index is 0.0705. The molecule has 2 heterocycles. The fraction of sp³-hybridized carbons (Fsp3) is 0.222. The average Bonchev–Trinajstić information content (AvgIpc) is 2.05. The highest BCUT2D eigenvalue weighted by molar-refractivity contribution is 5.90. The third-order valence-corrected chi connectivity index (χ3v) is 1.75. The summed E-state index contributed by atoms with van der Waals surface area (Å²) >= 11 is 0. The Balaban J connectivity index is 2.34. The van der Waals surface area contributed by atoms with E-state index in [9.17, 15) is 4.79 Å².